The summed E-state index contributed by atoms with van der Waals surface area (Å²) in [5, 5.41) is 0. The smallest absolute Gasteiger partial charge is 0.158 e. The number of aromatic amines is 1. The minimum Gasteiger partial charge on any atom is -0.396 e. The lowest BCUT2D eigenvalue weighted by atomic mass is 10.3. The lowest BCUT2D eigenvalue weighted by Gasteiger charge is -2.00. The van der Waals surface area contributed by atoms with E-state index in [0.717, 1.165) is 0 Å². The van der Waals surface area contributed by atoms with Crippen LogP contribution in [0.2, 0.25) is 0 Å². The molecule has 0 saturated heterocycles. The molecule has 0 spiro atoms. The van der Waals surface area contributed by atoms with Crippen molar-refractivity contribution in [2.45, 2.75) is 6.92 Å². The lowest BCUT2D eigenvalue weighted by molar-refractivity contribution is 1.05. The summed E-state index contributed by atoms with van der Waals surface area (Å²) in [6.45, 7) is 1.81. The topological polar surface area (TPSA) is 80.5 Å². The fourth-order valence-corrected chi connectivity index (χ4v) is 1.06. The normalized spacial score (nSPS) is 10.2. The van der Waals surface area contributed by atoms with Crippen molar-refractivity contribution < 1.29 is 0 Å². The molecule has 0 unspecified atom stereocenters. The second-order valence-electron chi connectivity index (χ2n) is 2.66. The summed E-state index contributed by atoms with van der Waals surface area (Å²) in [4.78, 5) is 15.2. The predicted octanol–water partition coefficient (Wildman–Crippen LogP) is 0.757. The molecule has 0 atom stereocenters. The van der Waals surface area contributed by atoms with Crippen LogP contribution < -0.4 is 5.73 Å². The Balaban J connectivity index is 2.57. The molecule has 2 aromatic heterocycles. The molecule has 66 valence electrons. The molecule has 2 heterocycles. The Morgan fingerprint density at radius 2 is 2.23 bits per heavy atom. The molecule has 3 N–H and O–H groups in total. The van der Waals surface area contributed by atoms with Crippen LogP contribution in [-0.4, -0.2) is 19.9 Å². The van der Waals surface area contributed by atoms with Crippen molar-refractivity contribution in [3.8, 4) is 11.5 Å². The van der Waals surface area contributed by atoms with Crippen LogP contribution in [0.3, 0.4) is 0 Å². The van der Waals surface area contributed by atoms with E-state index in [-0.39, 0.29) is 0 Å². The fraction of sp³-hybridized carbons (Fsp3) is 0.125. The average Bonchev–Trinajstić information content (AvgIpc) is 2.61. The Morgan fingerprint density at radius 1 is 1.38 bits per heavy atom. The Labute approximate surface area is 75.1 Å². The first-order valence-corrected chi connectivity index (χ1v) is 3.86. The quantitative estimate of drug-likeness (QED) is 0.670. The van der Waals surface area contributed by atoms with Crippen LogP contribution in [0, 0.1) is 6.92 Å². The zero-order valence-corrected chi connectivity index (χ0v) is 7.15. The molecule has 0 fully saturated rings. The van der Waals surface area contributed by atoms with Crippen molar-refractivity contribution in [1.82, 2.24) is 19.9 Å². The second kappa shape index (κ2) is 2.85. The Hall–Kier alpha value is -1.91. The molecular weight excluding hydrogens is 166 g/mol. The first kappa shape index (κ1) is 7.72. The maximum absolute atomic E-state index is 5.70. The summed E-state index contributed by atoms with van der Waals surface area (Å²) in [6, 6.07) is 0. The molecular formula is C8H9N5. The molecule has 0 aliphatic rings. The first-order valence-electron chi connectivity index (χ1n) is 3.86. The monoisotopic (exact) mass is 175 g/mol. The minimum atomic E-state index is 0.528. The second-order valence-corrected chi connectivity index (χ2v) is 2.66. The molecule has 0 bridgehead atoms. The highest BCUT2D eigenvalue weighted by atomic mass is 15.0. The molecule has 2 aromatic rings. The van der Waals surface area contributed by atoms with Crippen LogP contribution in [-0.2, 0) is 0 Å². The number of rotatable bonds is 1. The van der Waals surface area contributed by atoms with Gasteiger partial charge in [-0.2, -0.15) is 0 Å². The molecule has 0 aromatic carbocycles. The first-order chi connectivity index (χ1) is 6.27. The van der Waals surface area contributed by atoms with E-state index in [9.17, 15) is 0 Å². The Bertz CT molecular complexity index is 406. The van der Waals surface area contributed by atoms with Gasteiger partial charge in [0.2, 0.25) is 0 Å². The molecule has 0 saturated carbocycles. The van der Waals surface area contributed by atoms with Crippen molar-refractivity contribution in [2.24, 2.45) is 0 Å². The van der Waals surface area contributed by atoms with Gasteiger partial charge in [0.05, 0.1) is 11.9 Å². The predicted molar refractivity (Wildman–Crippen MR) is 48.8 cm³/mol. The van der Waals surface area contributed by atoms with Crippen LogP contribution in [0.5, 0.6) is 0 Å². The number of nitrogens with two attached hydrogens (primary N) is 1. The number of aryl methyl sites for hydroxylation is 1. The summed E-state index contributed by atoms with van der Waals surface area (Å²) >= 11 is 0. The third-order valence-electron chi connectivity index (χ3n) is 1.66. The number of aromatic nitrogens is 4. The van der Waals surface area contributed by atoms with Gasteiger partial charge in [-0.15, -0.1) is 0 Å². The highest BCUT2D eigenvalue weighted by molar-refractivity contribution is 5.65. The molecule has 0 aliphatic carbocycles. The number of anilines is 1. The van der Waals surface area contributed by atoms with Crippen LogP contribution in [0.25, 0.3) is 11.5 Å². The van der Waals surface area contributed by atoms with E-state index in [4.69, 9.17) is 5.73 Å². The van der Waals surface area contributed by atoms with Gasteiger partial charge >= 0.3 is 0 Å². The third-order valence-corrected chi connectivity index (χ3v) is 1.66. The van der Waals surface area contributed by atoms with Crippen molar-refractivity contribution >= 4 is 5.69 Å². The largest absolute Gasteiger partial charge is 0.396 e. The van der Waals surface area contributed by atoms with Gasteiger partial charge in [-0.1, -0.05) is 0 Å². The van der Waals surface area contributed by atoms with Crippen LogP contribution in [0.4, 0.5) is 5.69 Å². The molecule has 13 heavy (non-hydrogen) atoms. The van der Waals surface area contributed by atoms with Gasteiger partial charge in [0.1, 0.15) is 11.5 Å². The minimum absolute atomic E-state index is 0.528. The van der Waals surface area contributed by atoms with E-state index in [1.165, 1.54) is 0 Å². The number of hydrogen-bond acceptors (Lipinski definition) is 4. The molecule has 0 aliphatic heterocycles. The Kier molecular flexibility index (Phi) is 1.70. The number of nitrogens with zero attached hydrogens (tertiary/aromatic N) is 3. The average molecular weight is 175 g/mol. The standard InChI is InChI=1S/C8H9N5/c1-5-12-4-6(9)7(13-5)8-10-2-3-11-8/h2-4H,9H2,1H3,(H,10,11). The third kappa shape index (κ3) is 1.35. The molecule has 2 rings (SSSR count). The summed E-state index contributed by atoms with van der Waals surface area (Å²) < 4.78 is 0. The van der Waals surface area contributed by atoms with Crippen LogP contribution in [0.1, 0.15) is 5.82 Å². The van der Waals surface area contributed by atoms with E-state index in [2.05, 4.69) is 19.9 Å². The van der Waals surface area contributed by atoms with Gasteiger partial charge in [-0.25, -0.2) is 15.0 Å². The van der Waals surface area contributed by atoms with E-state index < -0.39 is 0 Å². The van der Waals surface area contributed by atoms with Crippen molar-refractivity contribution in [2.75, 3.05) is 5.73 Å². The maximum atomic E-state index is 5.70. The highest BCUT2D eigenvalue weighted by Gasteiger charge is 2.06. The SMILES string of the molecule is Cc1ncc(N)c(-c2ncc[nH]2)n1. The van der Waals surface area contributed by atoms with Gasteiger partial charge in [0.25, 0.3) is 0 Å². The van der Waals surface area contributed by atoms with Crippen molar-refractivity contribution in [3.05, 3.63) is 24.4 Å². The number of nitrogen functional groups attached to an aromatic ring is 1. The summed E-state index contributed by atoms with van der Waals surface area (Å²) in [5.41, 5.74) is 6.87. The zero-order valence-electron chi connectivity index (χ0n) is 7.15. The number of imidazole rings is 1. The van der Waals surface area contributed by atoms with Crippen LogP contribution >= 0.6 is 0 Å². The maximum Gasteiger partial charge on any atom is 0.158 e. The summed E-state index contributed by atoms with van der Waals surface area (Å²) in [7, 11) is 0. The fourth-order valence-electron chi connectivity index (χ4n) is 1.06. The highest BCUT2D eigenvalue weighted by Crippen LogP contribution is 2.17. The Morgan fingerprint density at radius 3 is 2.92 bits per heavy atom. The van der Waals surface area contributed by atoms with Gasteiger partial charge in [0.15, 0.2) is 5.82 Å². The molecule has 5 nitrogen and oxygen atoms in total. The van der Waals surface area contributed by atoms with Gasteiger partial charge in [-0.3, -0.25) is 0 Å². The van der Waals surface area contributed by atoms with Crippen LogP contribution in [0.15, 0.2) is 18.6 Å². The van der Waals surface area contributed by atoms with Gasteiger partial charge in [-0.05, 0) is 6.92 Å². The molecule has 0 radical (unpaired) electrons. The van der Waals surface area contributed by atoms with Gasteiger partial charge < -0.3 is 10.7 Å². The lowest BCUT2D eigenvalue weighted by Crippen LogP contribution is -1.98. The van der Waals surface area contributed by atoms with E-state index in [1.54, 1.807) is 18.6 Å². The number of nitrogens with one attached hydrogen (secondary N) is 1. The molecule has 5 heteroatoms. The summed E-state index contributed by atoms with van der Waals surface area (Å²) in [5.74, 6) is 1.35. The van der Waals surface area contributed by atoms with E-state index >= 15 is 0 Å². The zero-order chi connectivity index (χ0) is 9.26. The van der Waals surface area contributed by atoms with E-state index in [0.29, 0.717) is 23.0 Å². The van der Waals surface area contributed by atoms with E-state index in [1.807, 2.05) is 6.92 Å². The number of hydrogen-bond donors (Lipinski definition) is 2. The van der Waals surface area contributed by atoms with Crippen molar-refractivity contribution in [1.29, 1.82) is 0 Å². The number of H-pyrrole nitrogens is 1. The molecule has 0 amide bonds. The van der Waals surface area contributed by atoms with Gasteiger partial charge in [0, 0.05) is 12.4 Å². The van der Waals surface area contributed by atoms with Crippen molar-refractivity contribution in [3.63, 3.8) is 0 Å². The summed E-state index contributed by atoms with van der Waals surface area (Å²) in [6.07, 6.45) is 4.97.